The molecule has 11 heteroatoms. The molecule has 1 saturated carbocycles. The van der Waals surface area contributed by atoms with Crippen LogP contribution in [0.1, 0.15) is 63.9 Å². The third-order valence-electron chi connectivity index (χ3n) is 5.62. The number of amides is 1. The Morgan fingerprint density at radius 3 is 2.35 bits per heavy atom. The van der Waals surface area contributed by atoms with Crippen molar-refractivity contribution >= 4 is 11.9 Å². The summed E-state index contributed by atoms with van der Waals surface area (Å²) < 4.78 is 46.2. The lowest BCUT2D eigenvalue weighted by atomic mass is 9.81. The zero-order valence-corrected chi connectivity index (χ0v) is 19.4. The number of carbonyl (C=O) groups is 1. The number of halogens is 3. The number of pyridine rings is 1. The second-order valence-corrected chi connectivity index (χ2v) is 9.29. The van der Waals surface area contributed by atoms with Crippen molar-refractivity contribution in [3.8, 4) is 11.8 Å². The van der Waals surface area contributed by atoms with E-state index in [2.05, 4.69) is 9.97 Å². The second-order valence-electron chi connectivity index (χ2n) is 9.29. The van der Waals surface area contributed by atoms with E-state index in [4.69, 9.17) is 10.00 Å². The number of hydrogen-bond acceptors (Lipinski definition) is 6. The Balaban J connectivity index is 2.04. The summed E-state index contributed by atoms with van der Waals surface area (Å²) in [5.41, 5.74) is -0.818. The van der Waals surface area contributed by atoms with Gasteiger partial charge in [0.1, 0.15) is 29.0 Å². The fourth-order valence-electron chi connectivity index (χ4n) is 3.88. The molecule has 34 heavy (non-hydrogen) atoms. The Bertz CT molecular complexity index is 1140. The maximum Gasteiger partial charge on any atom is 0.415 e. The van der Waals surface area contributed by atoms with Gasteiger partial charge in [-0.3, -0.25) is 14.3 Å². The van der Waals surface area contributed by atoms with Gasteiger partial charge in [0.25, 0.3) is 5.56 Å². The van der Waals surface area contributed by atoms with E-state index in [1.165, 1.54) is 29.9 Å². The molecule has 0 radical (unpaired) electrons. The number of rotatable bonds is 3. The van der Waals surface area contributed by atoms with Crippen molar-refractivity contribution in [1.82, 2.24) is 14.5 Å². The van der Waals surface area contributed by atoms with Crippen LogP contribution in [0.15, 0.2) is 29.2 Å². The molecule has 0 spiro atoms. The van der Waals surface area contributed by atoms with E-state index in [0.29, 0.717) is 5.69 Å². The zero-order valence-electron chi connectivity index (χ0n) is 19.4. The minimum absolute atomic E-state index is 0.0325. The van der Waals surface area contributed by atoms with Crippen molar-refractivity contribution in [1.29, 1.82) is 5.26 Å². The van der Waals surface area contributed by atoms with Crippen LogP contribution in [0.3, 0.4) is 0 Å². The highest BCUT2D eigenvalue weighted by Crippen LogP contribution is 2.42. The third kappa shape index (κ3) is 5.73. The van der Waals surface area contributed by atoms with Crippen LogP contribution in [0, 0.1) is 17.2 Å². The van der Waals surface area contributed by atoms with Gasteiger partial charge in [0.2, 0.25) is 0 Å². The van der Waals surface area contributed by atoms with Crippen molar-refractivity contribution < 1.29 is 22.7 Å². The molecule has 1 aliphatic rings. The normalized spacial score (nSPS) is 18.8. The molecular formula is C23H26F3N5O3. The van der Waals surface area contributed by atoms with Gasteiger partial charge in [0, 0.05) is 19.0 Å². The lowest BCUT2D eigenvalue weighted by molar-refractivity contribution is -0.182. The molecule has 8 nitrogen and oxygen atoms in total. The SMILES string of the molecule is CN(C(=O)OC(C)(C)C)c1cc(=O)n(-c2ccc(C#N)nc2)c([C@H]2CC[C@@H](C(F)(F)F)CC2)n1. The van der Waals surface area contributed by atoms with Gasteiger partial charge in [-0.05, 0) is 58.6 Å². The second kappa shape index (κ2) is 9.44. The van der Waals surface area contributed by atoms with Crippen LogP contribution in [-0.4, -0.2) is 39.5 Å². The molecule has 2 aromatic heterocycles. The Labute approximate surface area is 195 Å². The summed E-state index contributed by atoms with van der Waals surface area (Å²) >= 11 is 0. The average molecular weight is 477 g/mol. The van der Waals surface area contributed by atoms with Crippen LogP contribution in [0.5, 0.6) is 0 Å². The molecule has 1 fully saturated rings. The third-order valence-corrected chi connectivity index (χ3v) is 5.62. The molecular weight excluding hydrogens is 451 g/mol. The molecule has 182 valence electrons. The van der Waals surface area contributed by atoms with Crippen LogP contribution >= 0.6 is 0 Å². The van der Waals surface area contributed by atoms with Crippen LogP contribution in [0.25, 0.3) is 5.69 Å². The first-order valence-electron chi connectivity index (χ1n) is 10.8. The Morgan fingerprint density at radius 2 is 1.85 bits per heavy atom. The van der Waals surface area contributed by atoms with E-state index < -0.39 is 35.3 Å². The number of nitrogens with zero attached hydrogens (tertiary/aromatic N) is 5. The number of aromatic nitrogens is 3. The number of ether oxygens (including phenoxy) is 1. The first kappa shape index (κ1) is 25.2. The van der Waals surface area contributed by atoms with Gasteiger partial charge in [-0.2, -0.15) is 18.4 Å². The van der Waals surface area contributed by atoms with Gasteiger partial charge in [0.15, 0.2) is 0 Å². The predicted octanol–water partition coefficient (Wildman–Crippen LogP) is 4.71. The van der Waals surface area contributed by atoms with Gasteiger partial charge < -0.3 is 4.74 Å². The predicted molar refractivity (Wildman–Crippen MR) is 118 cm³/mol. The molecule has 1 aliphatic carbocycles. The van der Waals surface area contributed by atoms with Gasteiger partial charge in [-0.15, -0.1) is 0 Å². The minimum Gasteiger partial charge on any atom is -0.443 e. The first-order chi connectivity index (χ1) is 15.8. The van der Waals surface area contributed by atoms with Crippen LogP contribution < -0.4 is 10.5 Å². The van der Waals surface area contributed by atoms with Crippen molar-refractivity contribution in [3.05, 3.63) is 46.3 Å². The molecule has 3 rings (SSSR count). The topological polar surface area (TPSA) is 101 Å². The van der Waals surface area contributed by atoms with E-state index in [9.17, 15) is 22.8 Å². The number of carbonyl (C=O) groups excluding carboxylic acids is 1. The lowest BCUT2D eigenvalue weighted by Gasteiger charge is -2.31. The molecule has 2 aromatic rings. The van der Waals surface area contributed by atoms with Gasteiger partial charge in [-0.1, -0.05) is 0 Å². The molecule has 0 N–H and O–H groups in total. The molecule has 0 unspecified atom stereocenters. The van der Waals surface area contributed by atoms with Crippen LogP contribution in [0.4, 0.5) is 23.8 Å². The van der Waals surface area contributed by atoms with Crippen LogP contribution in [-0.2, 0) is 4.74 Å². The largest absolute Gasteiger partial charge is 0.443 e. The van der Waals surface area contributed by atoms with Gasteiger partial charge >= 0.3 is 12.3 Å². The lowest BCUT2D eigenvalue weighted by Crippen LogP contribution is -2.37. The van der Waals surface area contributed by atoms with E-state index in [1.807, 2.05) is 6.07 Å². The zero-order chi connectivity index (χ0) is 25.3. The minimum atomic E-state index is -4.27. The molecule has 0 atom stereocenters. The molecule has 2 heterocycles. The molecule has 0 aliphatic heterocycles. The first-order valence-corrected chi connectivity index (χ1v) is 10.8. The van der Waals surface area contributed by atoms with E-state index in [1.54, 1.807) is 20.8 Å². The highest BCUT2D eigenvalue weighted by atomic mass is 19.4. The number of anilines is 1. The summed E-state index contributed by atoms with van der Waals surface area (Å²) in [5.74, 6) is -1.56. The fraction of sp³-hybridized carbons (Fsp3) is 0.522. The van der Waals surface area contributed by atoms with Crippen molar-refractivity contribution in [2.45, 2.75) is 64.1 Å². The number of nitriles is 1. The summed E-state index contributed by atoms with van der Waals surface area (Å²) in [5, 5.41) is 9.00. The van der Waals surface area contributed by atoms with Crippen molar-refractivity contribution in [2.75, 3.05) is 11.9 Å². The van der Waals surface area contributed by atoms with E-state index in [-0.39, 0.29) is 43.0 Å². The highest BCUT2D eigenvalue weighted by Gasteiger charge is 2.42. The summed E-state index contributed by atoms with van der Waals surface area (Å²) in [6.07, 6.45) is -3.45. The monoisotopic (exact) mass is 477 g/mol. The Hall–Kier alpha value is -3.42. The van der Waals surface area contributed by atoms with Crippen LogP contribution in [0.2, 0.25) is 0 Å². The standard InChI is InChI=1S/C23H26F3N5O3/c1-22(2,3)34-21(33)30(4)18-11-19(32)31(17-10-9-16(12-27)28-13-17)20(29-18)14-5-7-15(8-6-14)23(24,25)26/h9-11,13-15H,5-8H2,1-4H3/t14-,15+. The van der Waals surface area contributed by atoms with Crippen molar-refractivity contribution in [3.63, 3.8) is 0 Å². The quantitative estimate of drug-likeness (QED) is 0.635. The van der Waals surface area contributed by atoms with Crippen molar-refractivity contribution in [2.24, 2.45) is 5.92 Å². The summed E-state index contributed by atoms with van der Waals surface area (Å²) in [6.45, 7) is 5.10. The van der Waals surface area contributed by atoms with Gasteiger partial charge in [-0.25, -0.2) is 14.8 Å². The number of alkyl halides is 3. The molecule has 0 aromatic carbocycles. The Kier molecular flexibility index (Phi) is 7.00. The smallest absolute Gasteiger partial charge is 0.415 e. The Morgan fingerprint density at radius 1 is 1.21 bits per heavy atom. The summed E-state index contributed by atoms with van der Waals surface area (Å²) in [4.78, 5) is 35.3. The summed E-state index contributed by atoms with van der Waals surface area (Å²) in [6, 6.07) is 6.02. The maximum absolute atomic E-state index is 13.2. The highest BCUT2D eigenvalue weighted by molar-refractivity contribution is 5.85. The molecule has 0 bridgehead atoms. The average Bonchev–Trinajstić information content (AvgIpc) is 2.76. The van der Waals surface area contributed by atoms with Gasteiger partial charge in [0.05, 0.1) is 17.8 Å². The number of hydrogen-bond donors (Lipinski definition) is 0. The maximum atomic E-state index is 13.2. The fourth-order valence-corrected chi connectivity index (χ4v) is 3.88. The summed E-state index contributed by atoms with van der Waals surface area (Å²) in [7, 11) is 1.41. The van der Waals surface area contributed by atoms with E-state index in [0.717, 1.165) is 11.0 Å². The molecule has 0 saturated heterocycles. The van der Waals surface area contributed by atoms with E-state index >= 15 is 0 Å². The molecule has 1 amide bonds.